The molecule has 0 bridgehead atoms. The highest BCUT2D eigenvalue weighted by atomic mass is 32.2. The van der Waals surface area contributed by atoms with Crippen molar-refractivity contribution in [2.24, 2.45) is 0 Å². The molecule has 0 saturated heterocycles. The zero-order valence-electron chi connectivity index (χ0n) is 8.37. The van der Waals surface area contributed by atoms with E-state index in [1.165, 1.54) is 7.11 Å². The lowest BCUT2D eigenvalue weighted by molar-refractivity contribution is -0.305. The Morgan fingerprint density at radius 2 is 1.88 bits per heavy atom. The Morgan fingerprint density at radius 3 is 2.25 bits per heavy atom. The van der Waals surface area contributed by atoms with Gasteiger partial charge in [-0.3, -0.25) is 4.79 Å². The predicted octanol–water partition coefficient (Wildman–Crippen LogP) is -2.77. The monoisotopic (exact) mass is 254 g/mol. The molecule has 9 heteroatoms. The predicted molar refractivity (Wildman–Crippen MR) is 45.9 cm³/mol. The third kappa shape index (κ3) is 5.63. The third-order valence-corrected chi connectivity index (χ3v) is 2.55. The number of aliphatic carboxylic acids is 1. The van der Waals surface area contributed by atoms with Crippen molar-refractivity contribution >= 4 is 22.1 Å². The van der Waals surface area contributed by atoms with Gasteiger partial charge in [-0.05, 0) is 0 Å². The van der Waals surface area contributed by atoms with Crippen LogP contribution in [0.15, 0.2) is 0 Å². The topological polar surface area (TPSA) is 133 Å². The molecule has 0 spiro atoms. The fourth-order valence-corrected chi connectivity index (χ4v) is 1.42. The quantitative estimate of drug-likeness (QED) is 0.271. The van der Waals surface area contributed by atoms with Gasteiger partial charge in [-0.15, -0.1) is 0 Å². The highest BCUT2D eigenvalue weighted by molar-refractivity contribution is 7.87. The van der Waals surface area contributed by atoms with Gasteiger partial charge in [-0.1, -0.05) is 0 Å². The molecule has 0 aromatic rings. The molecule has 0 aliphatic heterocycles. The average Bonchev–Trinajstić information content (AvgIpc) is 2.12. The van der Waals surface area contributed by atoms with Crippen LogP contribution in [0.2, 0.25) is 0 Å². The van der Waals surface area contributed by atoms with Crippen molar-refractivity contribution in [3.05, 3.63) is 0 Å². The van der Waals surface area contributed by atoms with Gasteiger partial charge in [-0.25, -0.2) is 8.42 Å². The van der Waals surface area contributed by atoms with Crippen molar-refractivity contribution in [2.75, 3.05) is 20.3 Å². The summed E-state index contributed by atoms with van der Waals surface area (Å²) < 4.78 is 40.5. The number of ether oxygens (including phenoxy) is 2. The summed E-state index contributed by atoms with van der Waals surface area (Å²) in [5.74, 6) is -3.25. The molecule has 0 fully saturated rings. The minimum absolute atomic E-state index is 0.00266. The molecule has 8 nitrogen and oxygen atoms in total. The lowest BCUT2D eigenvalue weighted by atomic mass is 10.3. The smallest absolute Gasteiger partial charge is 0.323 e. The van der Waals surface area contributed by atoms with Gasteiger partial charge in [-0.2, -0.15) is 0 Å². The molecular formula is C7H10O8S-2. The molecule has 16 heavy (non-hydrogen) atoms. The Morgan fingerprint density at radius 1 is 1.31 bits per heavy atom. The second-order valence-corrected chi connectivity index (χ2v) is 4.27. The van der Waals surface area contributed by atoms with Gasteiger partial charge in [0.25, 0.3) is 0 Å². The first-order valence-electron chi connectivity index (χ1n) is 4.09. The normalized spacial score (nSPS) is 13.1. The Kier molecular flexibility index (Phi) is 5.93. The zero-order valence-corrected chi connectivity index (χ0v) is 9.19. The van der Waals surface area contributed by atoms with E-state index in [0.29, 0.717) is 0 Å². The van der Waals surface area contributed by atoms with Gasteiger partial charge in [0.2, 0.25) is 0 Å². The summed E-state index contributed by atoms with van der Waals surface area (Å²) in [6, 6.07) is 0. The van der Waals surface area contributed by atoms with Crippen LogP contribution in [0, 0.1) is 0 Å². The van der Waals surface area contributed by atoms with Crippen molar-refractivity contribution in [2.45, 2.75) is 11.7 Å². The largest absolute Gasteiger partial charge is 0.747 e. The SMILES string of the molecule is COCCOC(=O)C(CC(=O)[O-])S(=O)(=O)[O-]. The Bertz CT molecular complexity index is 345. The maximum absolute atomic E-state index is 11.1. The summed E-state index contributed by atoms with van der Waals surface area (Å²) in [6.45, 7) is -0.267. The van der Waals surface area contributed by atoms with E-state index in [9.17, 15) is 27.7 Å². The van der Waals surface area contributed by atoms with E-state index >= 15 is 0 Å². The Labute approximate surface area is 91.9 Å². The second kappa shape index (κ2) is 6.40. The molecule has 0 aliphatic rings. The van der Waals surface area contributed by atoms with Crippen LogP contribution in [0.4, 0.5) is 0 Å². The van der Waals surface area contributed by atoms with Gasteiger partial charge in [0.1, 0.15) is 16.7 Å². The van der Waals surface area contributed by atoms with Gasteiger partial charge < -0.3 is 23.9 Å². The lowest BCUT2D eigenvalue weighted by Gasteiger charge is -2.19. The molecule has 0 N–H and O–H groups in total. The standard InChI is InChI=1S/C7H12O8S/c1-14-2-3-15-7(10)5(4-6(8)9)16(11,12)13/h5H,2-4H2,1H3,(H,8,9)(H,11,12,13)/p-2. The Hall–Kier alpha value is -1.19. The van der Waals surface area contributed by atoms with Gasteiger partial charge in [0, 0.05) is 19.5 Å². The number of hydrogen-bond acceptors (Lipinski definition) is 8. The summed E-state index contributed by atoms with van der Waals surface area (Å²) in [7, 11) is -3.77. The van der Waals surface area contributed by atoms with Gasteiger partial charge >= 0.3 is 5.97 Å². The summed E-state index contributed by atoms with van der Waals surface area (Å²) in [4.78, 5) is 21.2. The van der Waals surface area contributed by atoms with E-state index < -0.39 is 33.7 Å². The zero-order chi connectivity index (χ0) is 12.8. The minimum atomic E-state index is -5.08. The number of carbonyl (C=O) groups excluding carboxylic acids is 2. The molecule has 0 saturated carbocycles. The summed E-state index contributed by atoms with van der Waals surface area (Å²) in [5.41, 5.74) is 0. The molecule has 0 heterocycles. The summed E-state index contributed by atoms with van der Waals surface area (Å²) in [5, 5.41) is 7.86. The van der Waals surface area contributed by atoms with Crippen molar-refractivity contribution in [3.8, 4) is 0 Å². The molecule has 1 unspecified atom stereocenters. The molecular weight excluding hydrogens is 244 g/mol. The average molecular weight is 254 g/mol. The number of carbonyl (C=O) groups is 2. The van der Waals surface area contributed by atoms with Crippen molar-refractivity contribution in [3.63, 3.8) is 0 Å². The van der Waals surface area contributed by atoms with Crippen LogP contribution in [0.1, 0.15) is 6.42 Å². The fourth-order valence-electron chi connectivity index (χ4n) is 0.773. The number of carboxylic acids is 1. The highest BCUT2D eigenvalue weighted by Crippen LogP contribution is 2.06. The molecule has 0 aromatic heterocycles. The van der Waals surface area contributed by atoms with E-state index in [2.05, 4.69) is 9.47 Å². The first kappa shape index (κ1) is 14.8. The first-order valence-corrected chi connectivity index (χ1v) is 5.56. The molecule has 94 valence electrons. The van der Waals surface area contributed by atoms with Gasteiger partial charge in [0.15, 0.2) is 5.25 Å². The number of hydrogen-bond donors (Lipinski definition) is 0. The maximum Gasteiger partial charge on any atom is 0.323 e. The lowest BCUT2D eigenvalue weighted by Crippen LogP contribution is -2.38. The van der Waals surface area contributed by atoms with Crippen LogP contribution >= 0.6 is 0 Å². The molecule has 0 aliphatic carbocycles. The Balaban J connectivity index is 4.52. The first-order chi connectivity index (χ1) is 7.29. The van der Waals surface area contributed by atoms with E-state index in [1.807, 2.05) is 0 Å². The molecule has 0 rings (SSSR count). The van der Waals surface area contributed by atoms with Crippen LogP contribution in [0.3, 0.4) is 0 Å². The maximum atomic E-state index is 11.1. The van der Waals surface area contributed by atoms with Crippen LogP contribution in [0.25, 0.3) is 0 Å². The molecule has 0 radical (unpaired) electrons. The molecule has 0 aromatic carbocycles. The van der Waals surface area contributed by atoms with E-state index in [-0.39, 0.29) is 13.2 Å². The number of carboxylic acid groups (broad SMARTS) is 1. The number of esters is 1. The summed E-state index contributed by atoms with van der Waals surface area (Å²) in [6.07, 6.45) is -1.22. The third-order valence-electron chi connectivity index (χ3n) is 1.50. The van der Waals surface area contributed by atoms with Crippen LogP contribution in [-0.2, 0) is 29.2 Å². The van der Waals surface area contributed by atoms with Crippen LogP contribution < -0.4 is 5.11 Å². The van der Waals surface area contributed by atoms with Crippen molar-refractivity contribution in [1.29, 1.82) is 0 Å². The van der Waals surface area contributed by atoms with Crippen molar-refractivity contribution < 1.29 is 37.1 Å². The van der Waals surface area contributed by atoms with Crippen molar-refractivity contribution in [1.82, 2.24) is 0 Å². The molecule has 1 atom stereocenters. The minimum Gasteiger partial charge on any atom is -0.747 e. The fraction of sp³-hybridized carbons (Fsp3) is 0.714. The van der Waals surface area contributed by atoms with Crippen LogP contribution in [-0.4, -0.2) is 50.5 Å². The number of rotatable bonds is 7. The van der Waals surface area contributed by atoms with E-state index in [0.717, 1.165) is 0 Å². The van der Waals surface area contributed by atoms with E-state index in [1.54, 1.807) is 0 Å². The summed E-state index contributed by atoms with van der Waals surface area (Å²) >= 11 is 0. The second-order valence-electron chi connectivity index (χ2n) is 2.72. The number of methoxy groups -OCH3 is 1. The highest BCUT2D eigenvalue weighted by Gasteiger charge is 2.27. The van der Waals surface area contributed by atoms with Crippen LogP contribution in [0.5, 0.6) is 0 Å². The van der Waals surface area contributed by atoms with Gasteiger partial charge in [0.05, 0.1) is 6.61 Å². The van der Waals surface area contributed by atoms with E-state index in [4.69, 9.17) is 0 Å². The molecule has 0 amide bonds.